The maximum Gasteiger partial charge on any atom is 0.267 e. The number of aromatic nitrogens is 1. The van der Waals surface area contributed by atoms with E-state index in [0.717, 1.165) is 11.1 Å². The first-order valence-electron chi connectivity index (χ1n) is 7.91. The molecule has 0 saturated carbocycles. The van der Waals surface area contributed by atoms with E-state index in [1.165, 1.54) is 11.3 Å². The molecule has 134 valence electrons. The summed E-state index contributed by atoms with van der Waals surface area (Å²) in [5.41, 5.74) is 2.77. The molecule has 8 heteroatoms. The highest BCUT2D eigenvalue weighted by Gasteiger charge is 2.13. The molecule has 5 nitrogen and oxygen atoms in total. The van der Waals surface area contributed by atoms with Crippen LogP contribution in [0.25, 0.3) is 22.6 Å². The molecular weight excluding hydrogens is 402 g/mol. The summed E-state index contributed by atoms with van der Waals surface area (Å²) in [5, 5.41) is 8.03. The molecule has 2 heterocycles. The molecule has 4 aromatic rings. The number of hydrogen-bond acceptors (Lipinski definition) is 5. The molecule has 0 fully saturated rings. The first-order chi connectivity index (χ1) is 13.1. The Kier molecular flexibility index (Phi) is 4.89. The molecule has 2 N–H and O–H groups in total. The number of nitrogens with zero attached hydrogens (tertiary/aromatic N) is 1. The molecule has 0 spiro atoms. The van der Waals surface area contributed by atoms with Gasteiger partial charge in [0.2, 0.25) is 5.89 Å². The summed E-state index contributed by atoms with van der Waals surface area (Å²) in [6, 6.07) is 16.4. The Hall–Kier alpha value is -2.74. The predicted octanol–water partition coefficient (Wildman–Crippen LogP) is 5.34. The molecule has 0 radical (unpaired) electrons. The van der Waals surface area contributed by atoms with Gasteiger partial charge in [-0.05, 0) is 54.0 Å². The summed E-state index contributed by atoms with van der Waals surface area (Å²) >= 11 is 12.8. The van der Waals surface area contributed by atoms with Crippen LogP contribution in [0.15, 0.2) is 64.4 Å². The van der Waals surface area contributed by atoms with Crippen molar-refractivity contribution in [3.05, 3.63) is 69.9 Å². The second-order valence-electron chi connectivity index (χ2n) is 5.57. The molecule has 4 rings (SSSR count). The molecule has 1 amide bonds. The van der Waals surface area contributed by atoms with Crippen molar-refractivity contribution in [2.24, 2.45) is 0 Å². The second kappa shape index (κ2) is 7.48. The Bertz CT molecular complexity index is 1110. The largest absolute Gasteiger partial charge is 0.436 e. The molecule has 0 bridgehead atoms. The fraction of sp³-hybridized carbons (Fsp3) is 0. The van der Waals surface area contributed by atoms with Crippen LogP contribution in [0.5, 0.6) is 0 Å². The van der Waals surface area contributed by atoms with Gasteiger partial charge in [-0.15, -0.1) is 11.3 Å². The Morgan fingerprint density at radius 3 is 2.78 bits per heavy atom. The van der Waals surface area contributed by atoms with Gasteiger partial charge >= 0.3 is 0 Å². The quantitative estimate of drug-likeness (QED) is 0.444. The monoisotopic (exact) mass is 413 g/mol. The van der Waals surface area contributed by atoms with Gasteiger partial charge in [0.1, 0.15) is 5.52 Å². The number of thiophene rings is 1. The number of fused-ring (bicyclic) bond motifs is 1. The third-order valence-electron chi connectivity index (χ3n) is 3.73. The van der Waals surface area contributed by atoms with Gasteiger partial charge in [0, 0.05) is 5.56 Å². The van der Waals surface area contributed by atoms with Crippen molar-refractivity contribution in [1.29, 1.82) is 0 Å². The number of hydrogen-bond donors (Lipinski definition) is 2. The molecule has 0 saturated heterocycles. The average molecular weight is 414 g/mol. The van der Waals surface area contributed by atoms with Crippen molar-refractivity contribution in [1.82, 2.24) is 10.3 Å². The minimum atomic E-state index is -0.270. The van der Waals surface area contributed by atoms with Gasteiger partial charge in [0.25, 0.3) is 5.91 Å². The van der Waals surface area contributed by atoms with Crippen LogP contribution >= 0.6 is 35.2 Å². The van der Waals surface area contributed by atoms with Crippen LogP contribution in [0, 0.1) is 0 Å². The first-order valence-corrected chi connectivity index (χ1v) is 9.58. The van der Waals surface area contributed by atoms with Crippen molar-refractivity contribution in [3.8, 4) is 11.5 Å². The number of rotatable bonds is 3. The fourth-order valence-corrected chi connectivity index (χ4v) is 3.46. The van der Waals surface area contributed by atoms with E-state index in [1.807, 2.05) is 35.7 Å². The Labute approximate surface area is 169 Å². The van der Waals surface area contributed by atoms with Crippen molar-refractivity contribution in [2.75, 3.05) is 5.32 Å². The highest BCUT2D eigenvalue weighted by molar-refractivity contribution is 7.80. The SMILES string of the molecule is O=C(NC(=S)Nc1cc(-c2nc3ccccc3o2)ccc1Cl)c1cccs1. The lowest BCUT2D eigenvalue weighted by Crippen LogP contribution is -2.33. The van der Waals surface area contributed by atoms with E-state index in [0.29, 0.717) is 27.1 Å². The second-order valence-corrected chi connectivity index (χ2v) is 7.33. The minimum Gasteiger partial charge on any atom is -0.436 e. The molecule has 2 aromatic carbocycles. The predicted molar refractivity (Wildman–Crippen MR) is 112 cm³/mol. The highest BCUT2D eigenvalue weighted by Crippen LogP contribution is 2.30. The van der Waals surface area contributed by atoms with E-state index in [9.17, 15) is 4.79 Å². The van der Waals surface area contributed by atoms with Crippen molar-refractivity contribution in [3.63, 3.8) is 0 Å². The lowest BCUT2D eigenvalue weighted by molar-refractivity contribution is 0.0981. The molecule has 0 atom stereocenters. The Morgan fingerprint density at radius 2 is 2.00 bits per heavy atom. The third-order valence-corrected chi connectivity index (χ3v) is 5.13. The molecular formula is C19H12ClN3O2S2. The Balaban J connectivity index is 1.55. The number of anilines is 1. The van der Waals surface area contributed by atoms with Crippen LogP contribution in [-0.4, -0.2) is 16.0 Å². The van der Waals surface area contributed by atoms with E-state index in [1.54, 1.807) is 24.3 Å². The van der Waals surface area contributed by atoms with E-state index in [2.05, 4.69) is 15.6 Å². The van der Waals surface area contributed by atoms with Gasteiger partial charge in [0.15, 0.2) is 10.7 Å². The van der Waals surface area contributed by atoms with Gasteiger partial charge in [-0.1, -0.05) is 29.8 Å². The van der Waals surface area contributed by atoms with E-state index in [4.69, 9.17) is 28.2 Å². The van der Waals surface area contributed by atoms with Gasteiger partial charge in [-0.2, -0.15) is 0 Å². The van der Waals surface area contributed by atoms with Crippen LogP contribution in [0.4, 0.5) is 5.69 Å². The summed E-state index contributed by atoms with van der Waals surface area (Å²) in [6.07, 6.45) is 0. The number of carbonyl (C=O) groups excluding carboxylic acids is 1. The smallest absolute Gasteiger partial charge is 0.267 e. The summed E-state index contributed by atoms with van der Waals surface area (Å²) in [4.78, 5) is 17.1. The zero-order valence-electron chi connectivity index (χ0n) is 13.7. The minimum absolute atomic E-state index is 0.157. The van der Waals surface area contributed by atoms with Crippen molar-refractivity contribution in [2.45, 2.75) is 0 Å². The summed E-state index contributed by atoms with van der Waals surface area (Å²) in [6.45, 7) is 0. The van der Waals surface area contributed by atoms with Gasteiger partial charge < -0.3 is 9.73 Å². The molecule has 0 aliphatic heterocycles. The number of oxazole rings is 1. The number of thiocarbonyl (C=S) groups is 1. The summed E-state index contributed by atoms with van der Waals surface area (Å²) < 4.78 is 5.78. The van der Waals surface area contributed by atoms with Gasteiger partial charge in [-0.3, -0.25) is 10.1 Å². The average Bonchev–Trinajstić information content (AvgIpc) is 3.33. The molecule has 2 aromatic heterocycles. The number of nitrogens with one attached hydrogen (secondary N) is 2. The number of benzene rings is 2. The summed E-state index contributed by atoms with van der Waals surface area (Å²) in [5.74, 6) is 0.207. The van der Waals surface area contributed by atoms with Gasteiger partial charge in [0.05, 0.1) is 15.6 Å². The van der Waals surface area contributed by atoms with Crippen LogP contribution in [0.2, 0.25) is 5.02 Å². The lowest BCUT2D eigenvalue weighted by Gasteiger charge is -2.11. The topological polar surface area (TPSA) is 67.2 Å². The molecule has 0 unspecified atom stereocenters. The molecule has 0 aliphatic rings. The number of halogens is 1. The number of para-hydroxylation sites is 2. The summed E-state index contributed by atoms with van der Waals surface area (Å²) in [7, 11) is 0. The van der Waals surface area contributed by atoms with Crippen molar-refractivity contribution < 1.29 is 9.21 Å². The third kappa shape index (κ3) is 3.85. The Morgan fingerprint density at radius 1 is 1.15 bits per heavy atom. The van der Waals surface area contributed by atoms with Crippen LogP contribution in [0.1, 0.15) is 9.67 Å². The number of carbonyl (C=O) groups is 1. The lowest BCUT2D eigenvalue weighted by atomic mass is 10.2. The molecule has 0 aliphatic carbocycles. The maximum atomic E-state index is 12.1. The fourth-order valence-electron chi connectivity index (χ4n) is 2.48. The van der Waals surface area contributed by atoms with Crippen LogP contribution < -0.4 is 10.6 Å². The highest BCUT2D eigenvalue weighted by atomic mass is 35.5. The van der Waals surface area contributed by atoms with Crippen LogP contribution in [-0.2, 0) is 0 Å². The first kappa shape index (κ1) is 17.7. The normalized spacial score (nSPS) is 10.7. The van der Waals surface area contributed by atoms with Crippen LogP contribution in [0.3, 0.4) is 0 Å². The van der Waals surface area contributed by atoms with Gasteiger partial charge in [-0.25, -0.2) is 4.98 Å². The number of amides is 1. The van der Waals surface area contributed by atoms with Crippen molar-refractivity contribution >= 4 is 63.0 Å². The zero-order chi connectivity index (χ0) is 18.8. The van der Waals surface area contributed by atoms with E-state index in [-0.39, 0.29) is 11.0 Å². The van der Waals surface area contributed by atoms with E-state index >= 15 is 0 Å². The zero-order valence-corrected chi connectivity index (χ0v) is 16.1. The standard InChI is InChI=1S/C19H12ClN3O2S2/c20-12-8-7-11(18-21-13-4-1-2-5-15(13)25-18)10-14(12)22-19(26)23-17(24)16-6-3-9-27-16/h1-10H,(H2,22,23,24,26). The molecule has 27 heavy (non-hydrogen) atoms. The maximum absolute atomic E-state index is 12.1. The van der Waals surface area contributed by atoms with E-state index < -0.39 is 0 Å².